The fraction of sp³-hybridized carbons (Fsp3) is 0.188. The lowest BCUT2D eigenvalue weighted by molar-refractivity contribution is -0.121. The first-order valence-electron chi connectivity index (χ1n) is 7.26. The number of rotatable bonds is 5. The predicted octanol–water partition coefficient (Wildman–Crippen LogP) is 1.76. The van der Waals surface area contributed by atoms with Crippen molar-refractivity contribution >= 4 is 22.7 Å². The monoisotopic (exact) mass is 308 g/mol. The molecule has 1 aromatic carbocycles. The quantitative estimate of drug-likeness (QED) is 0.575. The first-order chi connectivity index (χ1) is 11.2. The van der Waals surface area contributed by atoms with E-state index in [1.54, 1.807) is 17.1 Å². The van der Waals surface area contributed by atoms with Crippen LogP contribution in [0.4, 0.5) is 0 Å². The summed E-state index contributed by atoms with van der Waals surface area (Å²) in [6.45, 7) is 2.29. The van der Waals surface area contributed by atoms with Gasteiger partial charge in [-0.2, -0.15) is 5.10 Å². The van der Waals surface area contributed by atoms with Gasteiger partial charge in [0.05, 0.1) is 17.8 Å². The van der Waals surface area contributed by atoms with Crippen LogP contribution in [0.1, 0.15) is 18.9 Å². The Morgan fingerprint density at radius 2 is 2.00 bits per heavy atom. The molecule has 0 spiro atoms. The number of carbonyl (C=O) groups excluding carboxylic acids is 1. The Balaban J connectivity index is 1.58. The van der Waals surface area contributed by atoms with Crippen LogP contribution in [-0.2, 0) is 11.3 Å². The minimum Gasteiger partial charge on any atom is -0.273 e. The van der Waals surface area contributed by atoms with Crippen LogP contribution in [0.3, 0.4) is 0 Å². The topological polar surface area (TPSA) is 85.1 Å². The van der Waals surface area contributed by atoms with Gasteiger partial charge in [0.2, 0.25) is 5.91 Å². The van der Waals surface area contributed by atoms with Crippen LogP contribution < -0.4 is 5.43 Å². The van der Waals surface area contributed by atoms with E-state index in [0.29, 0.717) is 6.54 Å². The average molecular weight is 308 g/mol. The number of nitrogens with zero attached hydrogens (tertiary/aromatic N) is 5. The number of hydrazone groups is 1. The molecule has 0 unspecified atom stereocenters. The molecule has 0 aliphatic rings. The van der Waals surface area contributed by atoms with E-state index in [0.717, 1.165) is 22.3 Å². The highest BCUT2D eigenvalue weighted by Crippen LogP contribution is 2.09. The minimum absolute atomic E-state index is 0.169. The zero-order chi connectivity index (χ0) is 16.1. The molecule has 7 heteroatoms. The highest BCUT2D eigenvalue weighted by molar-refractivity contribution is 5.99. The van der Waals surface area contributed by atoms with Crippen molar-refractivity contribution in [3.63, 3.8) is 0 Å². The van der Waals surface area contributed by atoms with E-state index < -0.39 is 0 Å². The second-order valence-corrected chi connectivity index (χ2v) is 5.02. The summed E-state index contributed by atoms with van der Waals surface area (Å²) < 4.78 is 1.72. The van der Waals surface area contributed by atoms with Crippen LogP contribution in [-0.4, -0.2) is 31.6 Å². The summed E-state index contributed by atoms with van der Waals surface area (Å²) in [5.41, 5.74) is 5.94. The molecule has 23 heavy (non-hydrogen) atoms. The molecule has 0 fully saturated rings. The van der Waals surface area contributed by atoms with Gasteiger partial charge < -0.3 is 0 Å². The number of hydrogen-bond donors (Lipinski definition) is 1. The molecule has 3 rings (SSSR count). The highest BCUT2D eigenvalue weighted by atomic mass is 16.2. The van der Waals surface area contributed by atoms with E-state index in [4.69, 9.17) is 0 Å². The number of benzene rings is 1. The SMILES string of the molecule is C/C(=N/NC(=O)CCn1nnc2ccccc21)c1ccncc1. The molecule has 0 radical (unpaired) electrons. The van der Waals surface area contributed by atoms with Crippen LogP contribution in [0.2, 0.25) is 0 Å². The van der Waals surface area contributed by atoms with Gasteiger partial charge in [0.15, 0.2) is 0 Å². The lowest BCUT2D eigenvalue weighted by Gasteiger charge is -2.03. The molecule has 2 aromatic heterocycles. The third kappa shape index (κ3) is 3.57. The summed E-state index contributed by atoms with van der Waals surface area (Å²) in [6, 6.07) is 11.3. The van der Waals surface area contributed by atoms with Crippen LogP contribution in [0, 0.1) is 0 Å². The molecule has 1 N–H and O–H groups in total. The molecule has 0 saturated carbocycles. The van der Waals surface area contributed by atoms with Crippen LogP contribution in [0.25, 0.3) is 11.0 Å². The highest BCUT2D eigenvalue weighted by Gasteiger charge is 2.06. The van der Waals surface area contributed by atoms with Gasteiger partial charge in [-0.15, -0.1) is 5.10 Å². The summed E-state index contributed by atoms with van der Waals surface area (Å²) in [4.78, 5) is 15.9. The maximum atomic E-state index is 11.9. The Morgan fingerprint density at radius 1 is 1.22 bits per heavy atom. The van der Waals surface area contributed by atoms with E-state index in [1.807, 2.05) is 43.3 Å². The molecular formula is C16H16N6O. The van der Waals surface area contributed by atoms with E-state index >= 15 is 0 Å². The summed E-state index contributed by atoms with van der Waals surface area (Å²) >= 11 is 0. The van der Waals surface area contributed by atoms with E-state index in [9.17, 15) is 4.79 Å². The molecule has 0 saturated heterocycles. The second kappa shape index (κ2) is 6.78. The average Bonchev–Trinajstić information content (AvgIpc) is 3.02. The first-order valence-corrected chi connectivity index (χ1v) is 7.26. The standard InChI is InChI=1S/C16H16N6O/c1-12(13-6-9-17-10-7-13)18-20-16(23)8-11-22-15-5-3-2-4-14(15)19-21-22/h2-7,9-10H,8,11H2,1H3,(H,20,23)/b18-12-. The van der Waals surface area contributed by atoms with Gasteiger partial charge in [-0.1, -0.05) is 17.3 Å². The van der Waals surface area contributed by atoms with Crippen LogP contribution in [0.5, 0.6) is 0 Å². The predicted molar refractivity (Wildman–Crippen MR) is 86.7 cm³/mol. The van der Waals surface area contributed by atoms with Crippen molar-refractivity contribution in [2.75, 3.05) is 0 Å². The molecular weight excluding hydrogens is 292 g/mol. The smallest absolute Gasteiger partial charge is 0.241 e. The maximum absolute atomic E-state index is 11.9. The Morgan fingerprint density at radius 3 is 2.83 bits per heavy atom. The zero-order valence-corrected chi connectivity index (χ0v) is 12.7. The van der Waals surface area contributed by atoms with Crippen molar-refractivity contribution in [3.05, 3.63) is 54.4 Å². The number of amides is 1. The van der Waals surface area contributed by atoms with Gasteiger partial charge in [0.25, 0.3) is 0 Å². The zero-order valence-electron chi connectivity index (χ0n) is 12.7. The molecule has 1 amide bonds. The molecule has 0 aliphatic carbocycles. The third-order valence-corrected chi connectivity index (χ3v) is 3.42. The second-order valence-electron chi connectivity index (χ2n) is 5.02. The van der Waals surface area contributed by atoms with Gasteiger partial charge in [-0.05, 0) is 31.2 Å². The van der Waals surface area contributed by atoms with E-state index in [-0.39, 0.29) is 12.3 Å². The molecule has 0 aliphatic heterocycles. The van der Waals surface area contributed by atoms with E-state index in [2.05, 4.69) is 25.8 Å². The van der Waals surface area contributed by atoms with Crippen molar-refractivity contribution in [1.82, 2.24) is 25.4 Å². The van der Waals surface area contributed by atoms with Gasteiger partial charge in [0, 0.05) is 24.4 Å². The molecule has 116 valence electrons. The number of nitrogens with one attached hydrogen (secondary N) is 1. The number of para-hydroxylation sites is 1. The summed E-state index contributed by atoms with van der Waals surface area (Å²) in [5.74, 6) is -0.169. The first kappa shape index (κ1) is 14.8. The normalized spacial score (nSPS) is 11.6. The fourth-order valence-electron chi connectivity index (χ4n) is 2.15. The van der Waals surface area contributed by atoms with Gasteiger partial charge in [0.1, 0.15) is 5.52 Å². The third-order valence-electron chi connectivity index (χ3n) is 3.42. The van der Waals surface area contributed by atoms with E-state index in [1.165, 1.54) is 0 Å². The lowest BCUT2D eigenvalue weighted by Crippen LogP contribution is -2.21. The summed E-state index contributed by atoms with van der Waals surface area (Å²) in [6.07, 6.45) is 3.65. The Kier molecular flexibility index (Phi) is 4.37. The number of aryl methyl sites for hydroxylation is 1. The summed E-state index contributed by atoms with van der Waals surface area (Å²) in [7, 11) is 0. The number of aromatic nitrogens is 4. The minimum atomic E-state index is -0.169. The molecule has 7 nitrogen and oxygen atoms in total. The van der Waals surface area contributed by atoms with Gasteiger partial charge in [-0.3, -0.25) is 9.78 Å². The fourth-order valence-corrected chi connectivity index (χ4v) is 2.15. The number of carbonyl (C=O) groups is 1. The Hall–Kier alpha value is -3.09. The lowest BCUT2D eigenvalue weighted by atomic mass is 10.2. The summed E-state index contributed by atoms with van der Waals surface area (Å²) in [5, 5.41) is 12.2. The van der Waals surface area contributed by atoms with Gasteiger partial charge in [-0.25, -0.2) is 10.1 Å². The maximum Gasteiger partial charge on any atom is 0.241 e. The number of pyridine rings is 1. The molecule has 3 aromatic rings. The van der Waals surface area contributed by atoms with Crippen molar-refractivity contribution < 1.29 is 4.79 Å². The molecule has 2 heterocycles. The Bertz CT molecular complexity index is 840. The largest absolute Gasteiger partial charge is 0.273 e. The molecule has 0 atom stereocenters. The number of hydrogen-bond acceptors (Lipinski definition) is 5. The van der Waals surface area contributed by atoms with Crippen LogP contribution >= 0.6 is 0 Å². The molecule has 0 bridgehead atoms. The number of fused-ring (bicyclic) bond motifs is 1. The van der Waals surface area contributed by atoms with Crippen molar-refractivity contribution in [2.24, 2.45) is 5.10 Å². The van der Waals surface area contributed by atoms with Crippen molar-refractivity contribution in [3.8, 4) is 0 Å². The van der Waals surface area contributed by atoms with Crippen molar-refractivity contribution in [1.29, 1.82) is 0 Å². The van der Waals surface area contributed by atoms with Crippen LogP contribution in [0.15, 0.2) is 53.9 Å². The van der Waals surface area contributed by atoms with Gasteiger partial charge >= 0.3 is 0 Å². The van der Waals surface area contributed by atoms with Crippen molar-refractivity contribution in [2.45, 2.75) is 19.9 Å². The Labute approximate surface area is 133 Å².